The van der Waals surface area contributed by atoms with Gasteiger partial charge in [-0.1, -0.05) is 0 Å². The summed E-state index contributed by atoms with van der Waals surface area (Å²) in [5.74, 6) is -3.10. The average Bonchev–Trinajstić information content (AvgIpc) is 2.77. The third-order valence-corrected chi connectivity index (χ3v) is 6.46. The first-order valence-corrected chi connectivity index (χ1v) is 12.1. The first kappa shape index (κ1) is 25.5. The number of carbonyl (C=O) groups is 1. The molecule has 1 amide bonds. The molecule has 0 aliphatic heterocycles. The van der Waals surface area contributed by atoms with Crippen molar-refractivity contribution in [3.63, 3.8) is 0 Å². The van der Waals surface area contributed by atoms with E-state index in [1.165, 1.54) is 37.5 Å². The summed E-state index contributed by atoms with van der Waals surface area (Å²) in [7, 11) is -1.54. The van der Waals surface area contributed by atoms with E-state index in [1.54, 1.807) is 6.07 Å². The zero-order valence-corrected chi connectivity index (χ0v) is 20.8. The monoisotopic (exact) mass is 604 g/mol. The van der Waals surface area contributed by atoms with Crippen LogP contribution in [0, 0.1) is 15.2 Å². The molecule has 0 saturated carbocycles. The maximum Gasteiger partial charge on any atom is 0.300 e. The molecule has 0 saturated heterocycles. The van der Waals surface area contributed by atoms with Crippen LogP contribution in [0.2, 0.25) is 0 Å². The van der Waals surface area contributed by atoms with Gasteiger partial charge in [0.15, 0.2) is 11.6 Å². The summed E-state index contributed by atoms with van der Waals surface area (Å²) in [6.07, 6.45) is 0.870. The van der Waals surface area contributed by atoms with Gasteiger partial charge in [-0.3, -0.25) is 18.9 Å². The molecule has 0 atom stereocenters. The number of nitrogens with two attached hydrogens (primary N) is 1. The molecule has 5 N–H and O–H groups in total. The number of aromatic nitrogens is 2. The number of halogens is 3. The van der Waals surface area contributed by atoms with Crippen LogP contribution in [0.5, 0.6) is 0 Å². The molecule has 3 aromatic rings. The molecule has 0 bridgehead atoms. The van der Waals surface area contributed by atoms with Crippen molar-refractivity contribution in [1.29, 1.82) is 0 Å². The van der Waals surface area contributed by atoms with Crippen LogP contribution < -0.4 is 26.1 Å². The van der Waals surface area contributed by atoms with E-state index in [0.29, 0.717) is 3.57 Å². The Bertz CT molecular complexity index is 1450. The van der Waals surface area contributed by atoms with Crippen molar-refractivity contribution in [1.82, 2.24) is 14.3 Å². The average molecular weight is 604 g/mol. The molecule has 14 heteroatoms. The van der Waals surface area contributed by atoms with Crippen LogP contribution in [0.25, 0.3) is 0 Å². The molecule has 1 aromatic carbocycles. The van der Waals surface area contributed by atoms with Gasteiger partial charge in [-0.25, -0.2) is 18.5 Å². The number of pyridine rings is 2. The second kappa shape index (κ2) is 10.0. The fourth-order valence-electron chi connectivity index (χ4n) is 3.06. The highest BCUT2D eigenvalue weighted by atomic mass is 127. The quantitative estimate of drug-likeness (QED) is 0.289. The third-order valence-electron chi connectivity index (χ3n) is 4.79. The van der Waals surface area contributed by atoms with E-state index in [-0.39, 0.29) is 34.6 Å². The van der Waals surface area contributed by atoms with Gasteiger partial charge in [-0.05, 0) is 58.5 Å². The number of primary amides is 1. The second-order valence-electron chi connectivity index (χ2n) is 7.03. The van der Waals surface area contributed by atoms with Crippen molar-refractivity contribution < 1.29 is 22.0 Å². The molecule has 0 aliphatic rings. The molecule has 180 valence electrons. The van der Waals surface area contributed by atoms with E-state index >= 15 is 0 Å². The Morgan fingerprint density at radius 3 is 2.53 bits per heavy atom. The van der Waals surface area contributed by atoms with Gasteiger partial charge in [-0.15, -0.1) is 0 Å². The lowest BCUT2D eigenvalue weighted by Crippen LogP contribution is -2.28. The minimum atomic E-state index is -4.03. The molecule has 0 aliphatic carbocycles. The summed E-state index contributed by atoms with van der Waals surface area (Å²) in [4.78, 5) is 28.8. The van der Waals surface area contributed by atoms with E-state index in [4.69, 9.17) is 5.73 Å². The largest absolute Gasteiger partial charge is 0.365 e. The SMILES string of the molecule is CNS(=O)(=O)Nc1nccc(Cc2cc(C(N)=O)c(Nc3ccc(I)cc3F)n(C)c2=O)c1F. The Morgan fingerprint density at radius 1 is 1.21 bits per heavy atom. The van der Waals surface area contributed by atoms with Crippen molar-refractivity contribution in [3.8, 4) is 0 Å². The van der Waals surface area contributed by atoms with Crippen LogP contribution in [0.15, 0.2) is 41.3 Å². The zero-order valence-electron chi connectivity index (χ0n) is 17.8. The van der Waals surface area contributed by atoms with Crippen LogP contribution >= 0.6 is 22.6 Å². The molecule has 2 aromatic heterocycles. The third kappa shape index (κ3) is 5.51. The Morgan fingerprint density at radius 2 is 1.91 bits per heavy atom. The van der Waals surface area contributed by atoms with E-state index in [2.05, 4.69) is 10.3 Å². The molecular formula is C20H19F2IN6O4S. The van der Waals surface area contributed by atoms with Gasteiger partial charge in [0.25, 0.3) is 21.7 Å². The molecule has 0 unspecified atom stereocenters. The van der Waals surface area contributed by atoms with Gasteiger partial charge in [0.2, 0.25) is 0 Å². The summed E-state index contributed by atoms with van der Waals surface area (Å²) in [6, 6.07) is 6.80. The number of rotatable bonds is 8. The molecule has 0 spiro atoms. The smallest absolute Gasteiger partial charge is 0.300 e. The van der Waals surface area contributed by atoms with Crippen molar-refractivity contribution >= 4 is 56.0 Å². The molecular weight excluding hydrogens is 585 g/mol. The normalized spacial score (nSPS) is 11.3. The molecule has 0 radical (unpaired) electrons. The number of anilines is 3. The highest BCUT2D eigenvalue weighted by Gasteiger charge is 2.20. The van der Waals surface area contributed by atoms with Crippen LogP contribution in [0.3, 0.4) is 0 Å². The first-order chi connectivity index (χ1) is 15.9. The van der Waals surface area contributed by atoms with E-state index < -0.39 is 39.1 Å². The Hall–Kier alpha value is -3.11. The standard InChI is InChI=1S/C20H19F2IN6O4S/c1-25-34(32,33)28-18-16(22)10(5-6-26-18)7-11-8-13(17(24)30)19(29(2)20(11)31)27-15-4-3-12(23)9-14(15)21/h3-6,8-9,25,27H,7H2,1-2H3,(H2,24,30)(H,26,28). The minimum absolute atomic E-state index is 0.00236. The van der Waals surface area contributed by atoms with Crippen LogP contribution in [0.4, 0.5) is 26.1 Å². The topological polar surface area (TPSA) is 148 Å². The lowest BCUT2D eigenvalue weighted by molar-refractivity contribution is 0.100. The van der Waals surface area contributed by atoms with E-state index in [1.807, 2.05) is 32.0 Å². The number of benzene rings is 1. The van der Waals surface area contributed by atoms with Crippen LogP contribution in [-0.4, -0.2) is 30.9 Å². The van der Waals surface area contributed by atoms with Gasteiger partial charge < -0.3 is 11.1 Å². The summed E-state index contributed by atoms with van der Waals surface area (Å²) < 4.78 is 58.2. The number of hydrogen-bond donors (Lipinski definition) is 4. The van der Waals surface area contributed by atoms with Crippen molar-refractivity contribution in [3.05, 3.63) is 78.8 Å². The summed E-state index contributed by atoms with van der Waals surface area (Å²) in [5.41, 5.74) is 4.73. The van der Waals surface area contributed by atoms with Crippen molar-refractivity contribution in [2.45, 2.75) is 6.42 Å². The highest BCUT2D eigenvalue weighted by Crippen LogP contribution is 2.25. The maximum atomic E-state index is 14.9. The lowest BCUT2D eigenvalue weighted by Gasteiger charge is -2.17. The summed E-state index contributed by atoms with van der Waals surface area (Å²) in [6.45, 7) is 0. The first-order valence-electron chi connectivity index (χ1n) is 9.53. The highest BCUT2D eigenvalue weighted by molar-refractivity contribution is 14.1. The number of nitrogens with one attached hydrogen (secondary N) is 3. The molecule has 0 fully saturated rings. The number of carbonyl (C=O) groups excluding carboxylic acids is 1. The van der Waals surface area contributed by atoms with E-state index in [0.717, 1.165) is 11.6 Å². The van der Waals surface area contributed by atoms with Crippen molar-refractivity contribution in [2.24, 2.45) is 12.8 Å². The predicted molar refractivity (Wildman–Crippen MR) is 131 cm³/mol. The lowest BCUT2D eigenvalue weighted by atomic mass is 10.0. The summed E-state index contributed by atoms with van der Waals surface area (Å²) >= 11 is 1.94. The van der Waals surface area contributed by atoms with Gasteiger partial charge in [0.05, 0.1) is 11.3 Å². The number of amides is 1. The molecule has 10 nitrogen and oxygen atoms in total. The zero-order chi connectivity index (χ0) is 25.2. The second-order valence-corrected chi connectivity index (χ2v) is 9.89. The van der Waals surface area contributed by atoms with Gasteiger partial charge >= 0.3 is 0 Å². The summed E-state index contributed by atoms with van der Waals surface area (Å²) in [5, 5.41) is 2.72. The Kier molecular flexibility index (Phi) is 7.52. The fraction of sp³-hybridized carbons (Fsp3) is 0.150. The fourth-order valence-corrected chi connectivity index (χ4v) is 4.01. The molecule has 2 heterocycles. The Balaban J connectivity index is 2.05. The van der Waals surface area contributed by atoms with Gasteiger partial charge in [0, 0.05) is 35.8 Å². The van der Waals surface area contributed by atoms with Gasteiger partial charge in [-0.2, -0.15) is 8.42 Å². The van der Waals surface area contributed by atoms with Gasteiger partial charge in [0.1, 0.15) is 11.6 Å². The number of nitrogens with zero attached hydrogens (tertiary/aromatic N) is 2. The predicted octanol–water partition coefficient (Wildman–Crippen LogP) is 1.97. The maximum absolute atomic E-state index is 14.9. The van der Waals surface area contributed by atoms with Crippen LogP contribution in [0.1, 0.15) is 21.5 Å². The van der Waals surface area contributed by atoms with Crippen LogP contribution in [-0.2, 0) is 23.7 Å². The molecule has 3 rings (SSSR count). The van der Waals surface area contributed by atoms with E-state index in [9.17, 15) is 26.8 Å². The minimum Gasteiger partial charge on any atom is -0.365 e. The van der Waals surface area contributed by atoms with Crippen molar-refractivity contribution in [2.75, 3.05) is 17.1 Å². The number of hydrogen-bond acceptors (Lipinski definition) is 6. The molecule has 34 heavy (non-hydrogen) atoms. The Labute approximate surface area is 206 Å².